The number of nitrogens with one attached hydrogen (secondary N) is 2. The number of amides is 2. The molecule has 1 saturated heterocycles. The molecule has 2 aromatic rings. The molecule has 24 heavy (non-hydrogen) atoms. The van der Waals surface area contributed by atoms with Gasteiger partial charge in [0.25, 0.3) is 0 Å². The minimum atomic E-state index is -0.461. The number of piperazine rings is 1. The summed E-state index contributed by atoms with van der Waals surface area (Å²) in [7, 11) is 0. The second kappa shape index (κ2) is 7.83. The van der Waals surface area contributed by atoms with Crippen molar-refractivity contribution < 1.29 is 18.4 Å². The lowest BCUT2D eigenvalue weighted by molar-refractivity contribution is -0.134. The Labute approximate surface area is 140 Å². The van der Waals surface area contributed by atoms with Crippen LogP contribution in [0.3, 0.4) is 0 Å². The van der Waals surface area contributed by atoms with Gasteiger partial charge in [0.05, 0.1) is 31.3 Å². The maximum atomic E-state index is 12.2. The van der Waals surface area contributed by atoms with E-state index in [4.69, 9.17) is 8.83 Å². The van der Waals surface area contributed by atoms with E-state index < -0.39 is 6.04 Å². The molecule has 1 aliphatic heterocycles. The topological polar surface area (TPSA) is 87.7 Å². The maximum absolute atomic E-state index is 12.2. The van der Waals surface area contributed by atoms with E-state index >= 15 is 0 Å². The molecule has 3 heterocycles. The van der Waals surface area contributed by atoms with Gasteiger partial charge in [-0.05, 0) is 18.2 Å². The first-order valence-corrected chi connectivity index (χ1v) is 8.04. The lowest BCUT2D eigenvalue weighted by atomic mass is 10.1. The second-order valence-corrected chi connectivity index (χ2v) is 5.79. The summed E-state index contributed by atoms with van der Waals surface area (Å²) in [4.78, 5) is 26.3. The summed E-state index contributed by atoms with van der Waals surface area (Å²) in [6, 6.07) is 5.09. The van der Waals surface area contributed by atoms with Gasteiger partial charge in [-0.25, -0.2) is 0 Å². The molecule has 1 atom stereocenters. The highest BCUT2D eigenvalue weighted by Gasteiger charge is 2.31. The number of furan rings is 2. The fourth-order valence-electron chi connectivity index (χ4n) is 2.82. The Morgan fingerprint density at radius 2 is 2.29 bits per heavy atom. The van der Waals surface area contributed by atoms with Crippen LogP contribution in [0.25, 0.3) is 0 Å². The molecule has 0 bridgehead atoms. The van der Waals surface area contributed by atoms with Gasteiger partial charge in [0, 0.05) is 38.2 Å². The summed E-state index contributed by atoms with van der Waals surface area (Å²) >= 11 is 0. The van der Waals surface area contributed by atoms with Crippen molar-refractivity contribution in [2.24, 2.45) is 0 Å². The van der Waals surface area contributed by atoms with Crippen LogP contribution in [0.15, 0.2) is 45.8 Å². The Morgan fingerprint density at radius 3 is 3.04 bits per heavy atom. The highest BCUT2D eigenvalue weighted by atomic mass is 16.3. The Morgan fingerprint density at radius 1 is 1.38 bits per heavy atom. The zero-order valence-electron chi connectivity index (χ0n) is 13.4. The van der Waals surface area contributed by atoms with Gasteiger partial charge in [0.2, 0.25) is 11.8 Å². The van der Waals surface area contributed by atoms with Crippen molar-refractivity contribution in [1.82, 2.24) is 15.5 Å². The van der Waals surface area contributed by atoms with E-state index in [1.54, 1.807) is 18.8 Å². The monoisotopic (exact) mass is 331 g/mol. The van der Waals surface area contributed by atoms with Crippen LogP contribution in [0.4, 0.5) is 0 Å². The summed E-state index contributed by atoms with van der Waals surface area (Å²) in [5, 5.41) is 5.67. The third-order valence-corrected chi connectivity index (χ3v) is 4.06. The first-order chi connectivity index (χ1) is 11.7. The predicted molar refractivity (Wildman–Crippen MR) is 86.0 cm³/mol. The zero-order valence-corrected chi connectivity index (χ0v) is 13.4. The number of rotatable bonds is 7. The minimum absolute atomic E-state index is 0.106. The van der Waals surface area contributed by atoms with Crippen LogP contribution >= 0.6 is 0 Å². The molecule has 1 unspecified atom stereocenters. The van der Waals surface area contributed by atoms with Crippen molar-refractivity contribution in [3.05, 3.63) is 48.3 Å². The molecule has 0 aromatic carbocycles. The predicted octanol–water partition coefficient (Wildman–Crippen LogP) is 0.922. The van der Waals surface area contributed by atoms with E-state index in [1.807, 2.05) is 23.1 Å². The van der Waals surface area contributed by atoms with Crippen molar-refractivity contribution in [2.75, 3.05) is 19.6 Å². The summed E-state index contributed by atoms with van der Waals surface area (Å²) in [6.07, 6.45) is 5.65. The Hall–Kier alpha value is -2.54. The quantitative estimate of drug-likeness (QED) is 0.788. The van der Waals surface area contributed by atoms with Crippen molar-refractivity contribution >= 4 is 11.8 Å². The Kier molecular flexibility index (Phi) is 5.32. The first-order valence-electron chi connectivity index (χ1n) is 8.04. The van der Waals surface area contributed by atoms with Crippen LogP contribution < -0.4 is 10.6 Å². The van der Waals surface area contributed by atoms with Gasteiger partial charge in [-0.2, -0.15) is 0 Å². The minimum Gasteiger partial charge on any atom is -0.472 e. The van der Waals surface area contributed by atoms with Crippen molar-refractivity contribution in [3.8, 4) is 0 Å². The lowest BCUT2D eigenvalue weighted by Crippen LogP contribution is -2.56. The van der Waals surface area contributed by atoms with Gasteiger partial charge in [-0.1, -0.05) is 0 Å². The van der Waals surface area contributed by atoms with Gasteiger partial charge in [-0.3, -0.25) is 14.5 Å². The summed E-state index contributed by atoms with van der Waals surface area (Å²) < 4.78 is 10.3. The number of carbonyl (C=O) groups is 2. The Balaban J connectivity index is 1.51. The molecule has 0 spiro atoms. The second-order valence-electron chi connectivity index (χ2n) is 5.79. The van der Waals surface area contributed by atoms with E-state index in [0.717, 1.165) is 11.3 Å². The highest BCUT2D eigenvalue weighted by molar-refractivity contribution is 5.88. The van der Waals surface area contributed by atoms with E-state index in [9.17, 15) is 9.59 Å². The lowest BCUT2D eigenvalue weighted by Gasteiger charge is -2.34. The molecule has 1 fully saturated rings. The van der Waals surface area contributed by atoms with E-state index in [-0.39, 0.29) is 18.2 Å². The summed E-state index contributed by atoms with van der Waals surface area (Å²) in [5.74, 6) is 0.582. The first kappa shape index (κ1) is 16.3. The molecule has 1 aliphatic rings. The third kappa shape index (κ3) is 4.26. The van der Waals surface area contributed by atoms with Crippen LogP contribution in [-0.4, -0.2) is 42.4 Å². The molecule has 0 saturated carbocycles. The zero-order chi connectivity index (χ0) is 16.8. The van der Waals surface area contributed by atoms with Gasteiger partial charge in [0.15, 0.2) is 0 Å². The summed E-state index contributed by atoms with van der Waals surface area (Å²) in [6.45, 7) is 2.38. The van der Waals surface area contributed by atoms with E-state index in [0.29, 0.717) is 32.6 Å². The normalized spacial score (nSPS) is 18.3. The molecule has 3 rings (SSSR count). The highest BCUT2D eigenvalue weighted by Crippen LogP contribution is 2.14. The van der Waals surface area contributed by atoms with Crippen LogP contribution in [0, 0.1) is 0 Å². The third-order valence-electron chi connectivity index (χ3n) is 4.06. The van der Waals surface area contributed by atoms with Crippen molar-refractivity contribution in [2.45, 2.75) is 25.4 Å². The molecule has 2 aromatic heterocycles. The average Bonchev–Trinajstić information content (AvgIpc) is 3.24. The van der Waals surface area contributed by atoms with Gasteiger partial charge in [0.1, 0.15) is 5.76 Å². The largest absolute Gasteiger partial charge is 0.472 e. The molecule has 7 heteroatoms. The molecular weight excluding hydrogens is 310 g/mol. The van der Waals surface area contributed by atoms with E-state index in [2.05, 4.69) is 10.6 Å². The molecule has 2 N–H and O–H groups in total. The fourth-order valence-corrected chi connectivity index (χ4v) is 2.82. The maximum Gasteiger partial charge on any atom is 0.237 e. The number of carbonyl (C=O) groups excluding carboxylic acids is 2. The Bertz CT molecular complexity index is 651. The van der Waals surface area contributed by atoms with Gasteiger partial charge in [-0.15, -0.1) is 0 Å². The standard InChI is InChI=1S/C17H21N3O4/c21-16(18-5-3-14-2-1-8-24-14)10-15-17(22)19-6-7-20(15)11-13-4-9-23-12-13/h1-2,4,8-9,12,15H,3,5-7,10-11H2,(H,18,21)(H,19,22). The average molecular weight is 331 g/mol. The smallest absolute Gasteiger partial charge is 0.237 e. The fraction of sp³-hybridized carbons (Fsp3) is 0.412. The molecular formula is C17H21N3O4. The van der Waals surface area contributed by atoms with Gasteiger partial charge < -0.3 is 19.5 Å². The van der Waals surface area contributed by atoms with Crippen LogP contribution in [0.2, 0.25) is 0 Å². The number of hydrogen-bond acceptors (Lipinski definition) is 5. The molecule has 0 radical (unpaired) electrons. The van der Waals surface area contributed by atoms with Crippen LogP contribution in [-0.2, 0) is 22.6 Å². The molecule has 7 nitrogen and oxygen atoms in total. The van der Waals surface area contributed by atoms with Crippen molar-refractivity contribution in [3.63, 3.8) is 0 Å². The molecule has 128 valence electrons. The van der Waals surface area contributed by atoms with Crippen LogP contribution in [0.1, 0.15) is 17.7 Å². The van der Waals surface area contributed by atoms with E-state index in [1.165, 1.54) is 0 Å². The SMILES string of the molecule is O=C(CC1C(=O)NCCN1Cc1ccoc1)NCCc1ccco1. The number of hydrogen-bond donors (Lipinski definition) is 2. The number of nitrogens with zero attached hydrogens (tertiary/aromatic N) is 1. The van der Waals surface area contributed by atoms with Crippen LogP contribution in [0.5, 0.6) is 0 Å². The van der Waals surface area contributed by atoms with Gasteiger partial charge >= 0.3 is 0 Å². The molecule has 0 aliphatic carbocycles. The molecule has 2 amide bonds. The summed E-state index contributed by atoms with van der Waals surface area (Å²) in [5.41, 5.74) is 0.993. The van der Waals surface area contributed by atoms with Crippen molar-refractivity contribution in [1.29, 1.82) is 0 Å².